The van der Waals surface area contributed by atoms with E-state index >= 15 is 0 Å². The second-order valence-corrected chi connectivity index (χ2v) is 7.29. The van der Waals surface area contributed by atoms with E-state index in [9.17, 15) is 9.59 Å². The topological polar surface area (TPSA) is 73.8 Å². The molecule has 0 atom stereocenters. The van der Waals surface area contributed by atoms with Gasteiger partial charge in [0.1, 0.15) is 0 Å². The summed E-state index contributed by atoms with van der Waals surface area (Å²) in [6.45, 7) is 5.85. The number of carbonyl (C=O) groups is 2. The molecule has 3 rings (SSSR count). The molecule has 0 aliphatic rings. The van der Waals surface area contributed by atoms with Crippen molar-refractivity contribution in [3.8, 4) is 0 Å². The van der Waals surface area contributed by atoms with Crippen molar-refractivity contribution in [2.24, 2.45) is 5.10 Å². The monoisotopic (exact) mass is 408 g/mol. The van der Waals surface area contributed by atoms with Gasteiger partial charge in [-0.05, 0) is 44.2 Å². The molecule has 0 aliphatic carbocycles. The minimum atomic E-state index is -0.381. The zero-order chi connectivity index (χ0) is 20.6. The molecule has 0 saturated carbocycles. The fourth-order valence-electron chi connectivity index (χ4n) is 2.99. The highest BCUT2D eigenvalue weighted by molar-refractivity contribution is 7.17. The van der Waals surface area contributed by atoms with Gasteiger partial charge in [0.15, 0.2) is 0 Å². The maximum absolute atomic E-state index is 12.2. The van der Waals surface area contributed by atoms with Crippen LogP contribution in [0.25, 0.3) is 10.1 Å². The Bertz CT molecular complexity index is 1010. The van der Waals surface area contributed by atoms with Crippen LogP contribution in [0.4, 0.5) is 5.69 Å². The fourth-order valence-corrected chi connectivity index (χ4v) is 3.90. The van der Waals surface area contributed by atoms with Crippen molar-refractivity contribution in [2.75, 3.05) is 24.5 Å². The Hall–Kier alpha value is -3.19. The first kappa shape index (κ1) is 20.5. The smallest absolute Gasteiger partial charge is 0.259 e. The van der Waals surface area contributed by atoms with Gasteiger partial charge in [-0.1, -0.05) is 18.2 Å². The Balaban J connectivity index is 1.49. The van der Waals surface area contributed by atoms with Crippen LogP contribution in [0.2, 0.25) is 0 Å². The number of fused-ring (bicyclic) bond motifs is 1. The van der Waals surface area contributed by atoms with E-state index in [-0.39, 0.29) is 18.4 Å². The van der Waals surface area contributed by atoms with E-state index < -0.39 is 0 Å². The summed E-state index contributed by atoms with van der Waals surface area (Å²) < 4.78 is 1.17. The molecule has 0 spiro atoms. The van der Waals surface area contributed by atoms with Crippen molar-refractivity contribution in [1.29, 1.82) is 0 Å². The summed E-state index contributed by atoms with van der Waals surface area (Å²) in [5.41, 5.74) is 4.98. The summed E-state index contributed by atoms with van der Waals surface area (Å²) >= 11 is 1.63. The van der Waals surface area contributed by atoms with Crippen LogP contribution in [-0.2, 0) is 4.79 Å². The molecule has 0 aliphatic heterocycles. The SMILES string of the molecule is CCN(CC)c1ccc(C(=O)NCC(=O)N/N=C/c2csc3ccccc23)cc1. The van der Waals surface area contributed by atoms with E-state index in [1.54, 1.807) is 29.7 Å². The molecule has 1 aromatic heterocycles. The third-order valence-electron chi connectivity index (χ3n) is 4.57. The van der Waals surface area contributed by atoms with Gasteiger partial charge in [-0.15, -0.1) is 11.3 Å². The van der Waals surface area contributed by atoms with Crippen LogP contribution >= 0.6 is 11.3 Å². The van der Waals surface area contributed by atoms with Gasteiger partial charge >= 0.3 is 0 Å². The molecule has 7 heteroatoms. The van der Waals surface area contributed by atoms with Crippen LogP contribution in [0.1, 0.15) is 29.8 Å². The standard InChI is InChI=1S/C22H24N4O2S/c1-3-26(4-2)18-11-9-16(10-12-18)22(28)23-14-21(27)25-24-13-17-15-29-20-8-6-5-7-19(17)20/h5-13,15H,3-4,14H2,1-2H3,(H,23,28)(H,25,27)/b24-13+. The Kier molecular flexibility index (Phi) is 6.97. The number of carbonyl (C=O) groups excluding carboxylic acids is 2. The second kappa shape index (κ2) is 9.84. The predicted octanol–water partition coefficient (Wildman–Crippen LogP) is 3.63. The first-order chi connectivity index (χ1) is 14.1. The molecule has 0 bridgehead atoms. The Labute approximate surface area is 174 Å². The Morgan fingerprint density at radius 2 is 1.79 bits per heavy atom. The summed E-state index contributed by atoms with van der Waals surface area (Å²) in [5.74, 6) is -0.673. The number of nitrogens with zero attached hydrogens (tertiary/aromatic N) is 2. The molecule has 2 amide bonds. The normalized spacial score (nSPS) is 11.0. The summed E-state index contributed by atoms with van der Waals surface area (Å²) in [4.78, 5) is 26.4. The van der Waals surface area contributed by atoms with Gasteiger partial charge in [-0.2, -0.15) is 5.10 Å². The van der Waals surface area contributed by atoms with Gasteiger partial charge in [-0.25, -0.2) is 5.43 Å². The van der Waals surface area contributed by atoms with Gasteiger partial charge in [0, 0.05) is 45.4 Å². The lowest BCUT2D eigenvalue weighted by Gasteiger charge is -2.21. The zero-order valence-electron chi connectivity index (χ0n) is 16.5. The van der Waals surface area contributed by atoms with Crippen LogP contribution in [0.3, 0.4) is 0 Å². The van der Waals surface area contributed by atoms with Crippen LogP contribution < -0.4 is 15.6 Å². The van der Waals surface area contributed by atoms with E-state index in [1.807, 2.05) is 41.8 Å². The minimum Gasteiger partial charge on any atom is -0.372 e. The highest BCUT2D eigenvalue weighted by atomic mass is 32.1. The molecular formula is C22H24N4O2S. The quantitative estimate of drug-likeness (QED) is 0.442. The summed E-state index contributed by atoms with van der Waals surface area (Å²) in [7, 11) is 0. The molecule has 150 valence electrons. The van der Waals surface area contributed by atoms with Crippen molar-refractivity contribution in [1.82, 2.24) is 10.7 Å². The Morgan fingerprint density at radius 1 is 1.07 bits per heavy atom. The van der Waals surface area contributed by atoms with Gasteiger partial charge < -0.3 is 10.2 Å². The third kappa shape index (κ3) is 5.20. The maximum atomic E-state index is 12.2. The number of benzene rings is 2. The van der Waals surface area contributed by atoms with Crippen molar-refractivity contribution in [3.63, 3.8) is 0 Å². The third-order valence-corrected chi connectivity index (χ3v) is 5.55. The van der Waals surface area contributed by atoms with E-state index in [0.29, 0.717) is 5.56 Å². The average Bonchev–Trinajstić information content (AvgIpc) is 3.16. The average molecular weight is 409 g/mol. The number of hydrogen-bond donors (Lipinski definition) is 2. The van der Waals surface area contributed by atoms with Crippen LogP contribution in [0, 0.1) is 0 Å². The molecule has 3 aromatic rings. The molecule has 0 unspecified atom stereocenters. The number of thiophene rings is 1. The van der Waals surface area contributed by atoms with Crippen molar-refractivity contribution >= 4 is 45.1 Å². The van der Waals surface area contributed by atoms with Crippen LogP contribution in [0.5, 0.6) is 0 Å². The summed E-state index contributed by atoms with van der Waals surface area (Å²) in [6.07, 6.45) is 1.62. The molecule has 0 fully saturated rings. The molecule has 6 nitrogen and oxygen atoms in total. The Morgan fingerprint density at radius 3 is 2.52 bits per heavy atom. The van der Waals surface area contributed by atoms with E-state index in [2.05, 4.69) is 34.6 Å². The molecule has 1 heterocycles. The second-order valence-electron chi connectivity index (χ2n) is 6.38. The van der Waals surface area contributed by atoms with Crippen molar-refractivity contribution in [3.05, 3.63) is 65.0 Å². The first-order valence-corrected chi connectivity index (χ1v) is 10.4. The number of anilines is 1. The predicted molar refractivity (Wildman–Crippen MR) is 120 cm³/mol. The highest BCUT2D eigenvalue weighted by Gasteiger charge is 2.09. The lowest BCUT2D eigenvalue weighted by molar-refractivity contribution is -0.120. The van der Waals surface area contributed by atoms with Crippen LogP contribution in [0.15, 0.2) is 59.0 Å². The molecule has 0 saturated heterocycles. The lowest BCUT2D eigenvalue weighted by Crippen LogP contribution is -2.34. The van der Waals surface area contributed by atoms with Gasteiger partial charge in [0.2, 0.25) is 0 Å². The maximum Gasteiger partial charge on any atom is 0.259 e. The van der Waals surface area contributed by atoms with E-state index in [1.165, 1.54) is 4.70 Å². The number of nitrogens with one attached hydrogen (secondary N) is 2. The van der Waals surface area contributed by atoms with Crippen molar-refractivity contribution in [2.45, 2.75) is 13.8 Å². The summed E-state index contributed by atoms with van der Waals surface area (Å²) in [5, 5.41) is 9.69. The van der Waals surface area contributed by atoms with Gasteiger partial charge in [-0.3, -0.25) is 9.59 Å². The zero-order valence-corrected chi connectivity index (χ0v) is 17.3. The van der Waals surface area contributed by atoms with Gasteiger partial charge in [0.05, 0.1) is 12.8 Å². The number of hydrogen-bond acceptors (Lipinski definition) is 5. The molecule has 2 N–H and O–H groups in total. The number of amides is 2. The first-order valence-electron chi connectivity index (χ1n) is 9.53. The highest BCUT2D eigenvalue weighted by Crippen LogP contribution is 2.24. The fraction of sp³-hybridized carbons (Fsp3) is 0.227. The summed E-state index contributed by atoms with van der Waals surface area (Å²) in [6, 6.07) is 15.4. The number of hydrazone groups is 1. The largest absolute Gasteiger partial charge is 0.372 e. The van der Waals surface area contributed by atoms with E-state index in [4.69, 9.17) is 0 Å². The molecule has 2 aromatic carbocycles. The minimum absolute atomic E-state index is 0.141. The lowest BCUT2D eigenvalue weighted by atomic mass is 10.2. The van der Waals surface area contributed by atoms with Crippen molar-refractivity contribution < 1.29 is 9.59 Å². The molecular weight excluding hydrogens is 384 g/mol. The molecule has 29 heavy (non-hydrogen) atoms. The van der Waals surface area contributed by atoms with Crippen LogP contribution in [-0.4, -0.2) is 37.7 Å². The molecule has 0 radical (unpaired) electrons. The number of rotatable bonds is 8. The van der Waals surface area contributed by atoms with E-state index in [0.717, 1.165) is 29.7 Å². The van der Waals surface area contributed by atoms with Gasteiger partial charge in [0.25, 0.3) is 11.8 Å².